The Morgan fingerprint density at radius 2 is 1.83 bits per heavy atom. The number of allylic oxidation sites excluding steroid dienone is 1. The molecule has 0 aliphatic heterocycles. The lowest BCUT2D eigenvalue weighted by atomic mass is 9.91. The van der Waals surface area contributed by atoms with Crippen molar-refractivity contribution >= 4 is 22.8 Å². The average molecular weight is 320 g/mol. The number of aryl methyl sites for hydroxylation is 3. The van der Waals surface area contributed by atoms with E-state index in [9.17, 15) is 4.79 Å². The van der Waals surface area contributed by atoms with Crippen LogP contribution in [-0.2, 0) is 4.79 Å². The van der Waals surface area contributed by atoms with Gasteiger partial charge in [0.05, 0.1) is 13.4 Å². The maximum absolute atomic E-state index is 11.3. The van der Waals surface area contributed by atoms with Gasteiger partial charge in [-0.2, -0.15) is 0 Å². The molecule has 1 aromatic heterocycles. The van der Waals surface area contributed by atoms with Crippen molar-refractivity contribution in [1.82, 2.24) is 0 Å². The van der Waals surface area contributed by atoms with Gasteiger partial charge in [0.2, 0.25) is 0 Å². The third kappa shape index (κ3) is 2.52. The fourth-order valence-corrected chi connectivity index (χ4v) is 3.17. The second-order valence-electron chi connectivity index (χ2n) is 5.91. The van der Waals surface area contributed by atoms with Crippen LogP contribution in [0.15, 0.2) is 47.1 Å². The third-order valence-corrected chi connectivity index (χ3v) is 4.40. The van der Waals surface area contributed by atoms with E-state index in [-0.39, 0.29) is 0 Å². The predicted molar refractivity (Wildman–Crippen MR) is 96.6 cm³/mol. The number of carbonyl (C=O) groups is 1. The predicted octanol–water partition coefficient (Wildman–Crippen LogP) is 5.00. The van der Waals surface area contributed by atoms with Crippen LogP contribution in [0.3, 0.4) is 0 Å². The highest BCUT2D eigenvalue weighted by Gasteiger charge is 2.19. The summed E-state index contributed by atoms with van der Waals surface area (Å²) in [5.41, 5.74) is 6.69. The first-order valence-corrected chi connectivity index (χ1v) is 7.85. The minimum Gasteiger partial charge on any atom is -0.496 e. The Hall–Kier alpha value is -2.81. The molecular formula is C21H20O3. The summed E-state index contributed by atoms with van der Waals surface area (Å²) in [6.45, 7) is 6.03. The minimum absolute atomic E-state index is 0.730. The van der Waals surface area contributed by atoms with Gasteiger partial charge in [-0.05, 0) is 55.2 Å². The molecule has 0 aliphatic carbocycles. The molecule has 0 fully saturated rings. The molecule has 24 heavy (non-hydrogen) atoms. The van der Waals surface area contributed by atoms with Crippen LogP contribution in [0.4, 0.5) is 0 Å². The normalized spacial score (nSPS) is 11.8. The Morgan fingerprint density at radius 3 is 2.50 bits per heavy atom. The van der Waals surface area contributed by atoms with Crippen molar-refractivity contribution in [3.8, 4) is 5.75 Å². The van der Waals surface area contributed by atoms with Gasteiger partial charge in [0.25, 0.3) is 0 Å². The van der Waals surface area contributed by atoms with Crippen molar-refractivity contribution in [2.75, 3.05) is 7.11 Å². The number of rotatable bonds is 4. The van der Waals surface area contributed by atoms with Gasteiger partial charge < -0.3 is 9.15 Å². The molecule has 0 spiro atoms. The summed E-state index contributed by atoms with van der Waals surface area (Å²) in [7, 11) is 1.64. The molecule has 0 amide bonds. The summed E-state index contributed by atoms with van der Waals surface area (Å²) >= 11 is 0. The van der Waals surface area contributed by atoms with Gasteiger partial charge >= 0.3 is 0 Å². The van der Waals surface area contributed by atoms with E-state index in [0.717, 1.165) is 56.4 Å². The van der Waals surface area contributed by atoms with Crippen molar-refractivity contribution in [1.29, 1.82) is 0 Å². The van der Waals surface area contributed by atoms with Crippen LogP contribution in [0, 0.1) is 20.8 Å². The van der Waals surface area contributed by atoms with E-state index in [1.807, 2.05) is 51.1 Å². The zero-order valence-electron chi connectivity index (χ0n) is 14.3. The molecule has 0 atom stereocenters. The molecule has 0 saturated heterocycles. The SMILES string of the molecule is COc1c(/C(=C\C=O)c2ccccc2C)cc2c(C)coc2c1C. The quantitative estimate of drug-likeness (QED) is 0.502. The molecule has 0 radical (unpaired) electrons. The monoisotopic (exact) mass is 320 g/mol. The molecule has 0 aliphatic rings. The molecule has 0 saturated carbocycles. The number of carbonyl (C=O) groups excluding carboxylic acids is 1. The third-order valence-electron chi connectivity index (χ3n) is 4.40. The molecule has 0 unspecified atom stereocenters. The van der Waals surface area contributed by atoms with Crippen LogP contribution < -0.4 is 4.74 Å². The van der Waals surface area contributed by atoms with Crippen LogP contribution in [-0.4, -0.2) is 13.4 Å². The van der Waals surface area contributed by atoms with Gasteiger partial charge in [-0.3, -0.25) is 4.79 Å². The van der Waals surface area contributed by atoms with Crippen LogP contribution in [0.25, 0.3) is 16.5 Å². The van der Waals surface area contributed by atoms with Crippen molar-refractivity contribution in [3.63, 3.8) is 0 Å². The maximum atomic E-state index is 11.3. The first-order chi connectivity index (χ1) is 11.6. The van der Waals surface area contributed by atoms with E-state index in [0.29, 0.717) is 0 Å². The van der Waals surface area contributed by atoms with E-state index in [1.54, 1.807) is 19.4 Å². The summed E-state index contributed by atoms with van der Waals surface area (Å²) in [5, 5.41) is 1.04. The Morgan fingerprint density at radius 1 is 1.08 bits per heavy atom. The number of benzene rings is 2. The minimum atomic E-state index is 0.730. The fraction of sp³-hybridized carbons (Fsp3) is 0.190. The lowest BCUT2D eigenvalue weighted by Gasteiger charge is -2.16. The summed E-state index contributed by atoms with van der Waals surface area (Å²) in [5.74, 6) is 0.730. The lowest BCUT2D eigenvalue weighted by molar-refractivity contribution is -0.104. The summed E-state index contributed by atoms with van der Waals surface area (Å²) in [6, 6.07) is 10.1. The van der Waals surface area contributed by atoms with E-state index in [1.165, 1.54) is 0 Å². The zero-order chi connectivity index (χ0) is 17.3. The van der Waals surface area contributed by atoms with Crippen molar-refractivity contribution < 1.29 is 13.9 Å². The summed E-state index contributed by atoms with van der Waals surface area (Å²) < 4.78 is 11.3. The molecular weight excluding hydrogens is 300 g/mol. The molecule has 0 bridgehead atoms. The van der Waals surface area contributed by atoms with E-state index in [2.05, 4.69) is 0 Å². The van der Waals surface area contributed by atoms with Crippen LogP contribution in [0.1, 0.15) is 27.8 Å². The van der Waals surface area contributed by atoms with Crippen LogP contribution in [0.5, 0.6) is 5.75 Å². The first-order valence-electron chi connectivity index (χ1n) is 7.85. The van der Waals surface area contributed by atoms with Gasteiger partial charge in [0, 0.05) is 16.5 Å². The van der Waals surface area contributed by atoms with Gasteiger partial charge in [-0.1, -0.05) is 24.3 Å². The second kappa shape index (κ2) is 6.36. The molecule has 3 rings (SSSR count). The largest absolute Gasteiger partial charge is 0.496 e. The Kier molecular flexibility index (Phi) is 4.26. The molecule has 3 heteroatoms. The maximum Gasteiger partial charge on any atom is 0.143 e. The Bertz CT molecular complexity index is 945. The van der Waals surface area contributed by atoms with Gasteiger partial charge in [-0.15, -0.1) is 0 Å². The van der Waals surface area contributed by atoms with E-state index in [4.69, 9.17) is 9.15 Å². The fourth-order valence-electron chi connectivity index (χ4n) is 3.17. The highest BCUT2D eigenvalue weighted by atomic mass is 16.5. The van der Waals surface area contributed by atoms with Crippen molar-refractivity contribution in [2.45, 2.75) is 20.8 Å². The molecule has 0 N–H and O–H groups in total. The van der Waals surface area contributed by atoms with Gasteiger partial charge in [0.15, 0.2) is 0 Å². The van der Waals surface area contributed by atoms with E-state index < -0.39 is 0 Å². The highest BCUT2D eigenvalue weighted by Crippen LogP contribution is 2.40. The number of fused-ring (bicyclic) bond motifs is 1. The van der Waals surface area contributed by atoms with Crippen molar-refractivity contribution in [2.24, 2.45) is 0 Å². The van der Waals surface area contributed by atoms with Gasteiger partial charge in [0.1, 0.15) is 17.6 Å². The molecule has 3 aromatic rings. The first kappa shape index (κ1) is 16.1. The number of hydrogen-bond acceptors (Lipinski definition) is 3. The standard InChI is InChI=1S/C21H20O3/c1-13-7-5-6-8-16(13)17(9-10-22)19-11-18-14(2)12-24-21(18)15(3)20(19)23-4/h5-12H,1-4H3/b17-9-. The lowest BCUT2D eigenvalue weighted by Crippen LogP contribution is -1.98. The second-order valence-corrected chi connectivity index (χ2v) is 5.91. The van der Waals surface area contributed by atoms with Gasteiger partial charge in [-0.25, -0.2) is 0 Å². The van der Waals surface area contributed by atoms with Crippen LogP contribution >= 0.6 is 0 Å². The number of methoxy groups -OCH3 is 1. The Balaban J connectivity index is 2.37. The molecule has 122 valence electrons. The van der Waals surface area contributed by atoms with Crippen molar-refractivity contribution in [3.05, 3.63) is 70.5 Å². The zero-order valence-corrected chi connectivity index (χ0v) is 14.3. The molecule has 3 nitrogen and oxygen atoms in total. The number of ether oxygens (including phenoxy) is 1. The summed E-state index contributed by atoms with van der Waals surface area (Å²) in [6.07, 6.45) is 4.17. The molecule has 1 heterocycles. The highest BCUT2D eigenvalue weighted by molar-refractivity contribution is 5.98. The topological polar surface area (TPSA) is 39.4 Å². The average Bonchev–Trinajstić information content (AvgIpc) is 2.95. The summed E-state index contributed by atoms with van der Waals surface area (Å²) in [4.78, 5) is 11.3. The number of furan rings is 1. The smallest absolute Gasteiger partial charge is 0.143 e. The van der Waals surface area contributed by atoms with E-state index >= 15 is 0 Å². The van der Waals surface area contributed by atoms with Crippen LogP contribution in [0.2, 0.25) is 0 Å². The number of hydrogen-bond donors (Lipinski definition) is 0. The Labute approximate surface area is 141 Å². The molecule has 2 aromatic carbocycles. The number of aldehydes is 1.